The molecule has 20 heavy (non-hydrogen) atoms. The van der Waals surface area contributed by atoms with Gasteiger partial charge in [0, 0.05) is 15.7 Å². The van der Waals surface area contributed by atoms with Crippen LogP contribution >= 0.6 is 11.6 Å². The van der Waals surface area contributed by atoms with Crippen LogP contribution in [0.5, 0.6) is 0 Å². The largest absolute Gasteiger partial charge is 0.254 e. The molecule has 0 fully saturated rings. The van der Waals surface area contributed by atoms with Crippen molar-refractivity contribution in [3.63, 3.8) is 0 Å². The van der Waals surface area contributed by atoms with Gasteiger partial charge in [0.25, 0.3) is 0 Å². The highest BCUT2D eigenvalue weighted by Gasteiger charge is 2.16. The lowest BCUT2D eigenvalue weighted by molar-refractivity contribution is 0.597. The molecular formula is C14H13ClO3S2. The Morgan fingerprint density at radius 3 is 2.15 bits per heavy atom. The second kappa shape index (κ2) is 6.52. The average molecular weight is 329 g/mol. The van der Waals surface area contributed by atoms with Gasteiger partial charge in [-0.3, -0.25) is 4.21 Å². The summed E-state index contributed by atoms with van der Waals surface area (Å²) in [7, 11) is -4.74. The van der Waals surface area contributed by atoms with Crippen LogP contribution in [0, 0.1) is 0 Å². The quantitative estimate of drug-likeness (QED) is 0.848. The van der Waals surface area contributed by atoms with E-state index in [1.165, 1.54) is 0 Å². The van der Waals surface area contributed by atoms with Gasteiger partial charge in [-0.25, -0.2) is 8.42 Å². The number of hydrogen-bond donors (Lipinski definition) is 0. The molecule has 6 heteroatoms. The van der Waals surface area contributed by atoms with Crippen molar-refractivity contribution in [1.82, 2.24) is 0 Å². The number of halogens is 1. The van der Waals surface area contributed by atoms with Crippen molar-refractivity contribution in [1.29, 1.82) is 0 Å². The maximum absolute atomic E-state index is 12.1. The standard InChI is InChI=1S/C14H13ClO3S2/c15-12-6-8-13(9-7-12)19(16)10-11-20(17,18)14-4-2-1-3-5-14/h1-9H,10-11H2. The minimum atomic E-state index is -3.39. The van der Waals surface area contributed by atoms with Crippen molar-refractivity contribution in [3.8, 4) is 0 Å². The summed E-state index contributed by atoms with van der Waals surface area (Å²) in [5.74, 6) is -0.0783. The molecule has 0 heterocycles. The molecule has 0 amide bonds. The lowest BCUT2D eigenvalue weighted by Gasteiger charge is -2.05. The van der Waals surface area contributed by atoms with Crippen LogP contribution in [0.4, 0.5) is 0 Å². The van der Waals surface area contributed by atoms with Gasteiger partial charge >= 0.3 is 0 Å². The Morgan fingerprint density at radius 1 is 0.950 bits per heavy atom. The molecule has 2 aromatic rings. The Kier molecular flexibility index (Phi) is 4.96. The van der Waals surface area contributed by atoms with Gasteiger partial charge in [0.2, 0.25) is 0 Å². The van der Waals surface area contributed by atoms with Gasteiger partial charge in [0.05, 0.1) is 21.4 Å². The number of hydrogen-bond acceptors (Lipinski definition) is 3. The van der Waals surface area contributed by atoms with E-state index in [0.29, 0.717) is 9.92 Å². The fourth-order valence-electron chi connectivity index (χ4n) is 1.64. The first-order chi connectivity index (χ1) is 9.49. The number of rotatable bonds is 5. The third-order valence-corrected chi connectivity index (χ3v) is 6.33. The zero-order valence-electron chi connectivity index (χ0n) is 10.5. The van der Waals surface area contributed by atoms with Gasteiger partial charge in [-0.15, -0.1) is 0 Å². The van der Waals surface area contributed by atoms with Crippen molar-refractivity contribution in [3.05, 3.63) is 59.6 Å². The van der Waals surface area contributed by atoms with Crippen molar-refractivity contribution in [2.24, 2.45) is 0 Å². The zero-order valence-corrected chi connectivity index (χ0v) is 12.9. The van der Waals surface area contributed by atoms with Crippen LogP contribution in [0.15, 0.2) is 64.4 Å². The highest BCUT2D eigenvalue weighted by atomic mass is 35.5. The molecule has 2 rings (SSSR count). The van der Waals surface area contributed by atoms with Crippen molar-refractivity contribution in [2.75, 3.05) is 11.5 Å². The summed E-state index contributed by atoms with van der Waals surface area (Å²) in [6, 6.07) is 14.8. The lowest BCUT2D eigenvalue weighted by Crippen LogP contribution is -2.13. The summed E-state index contributed by atoms with van der Waals surface area (Å²) in [6.07, 6.45) is 0. The molecule has 0 aromatic heterocycles. The molecule has 3 nitrogen and oxygen atoms in total. The van der Waals surface area contributed by atoms with E-state index in [4.69, 9.17) is 11.6 Å². The molecule has 0 bridgehead atoms. The Hall–Kier alpha value is -1.17. The average Bonchev–Trinajstić information content (AvgIpc) is 2.46. The molecule has 2 aromatic carbocycles. The summed E-state index contributed by atoms with van der Waals surface area (Å²) in [6.45, 7) is 0. The van der Waals surface area contributed by atoms with Crippen molar-refractivity contribution in [2.45, 2.75) is 9.79 Å². The molecule has 0 aliphatic carbocycles. The maximum Gasteiger partial charge on any atom is 0.179 e. The first kappa shape index (κ1) is 15.2. The summed E-state index contributed by atoms with van der Waals surface area (Å²) >= 11 is 5.75. The topological polar surface area (TPSA) is 51.2 Å². The molecule has 0 saturated carbocycles. The van der Waals surface area contributed by atoms with Gasteiger partial charge in [-0.05, 0) is 36.4 Å². The van der Waals surface area contributed by atoms with Crippen LogP contribution in [0.2, 0.25) is 5.02 Å². The Balaban J connectivity index is 2.05. The fourth-order valence-corrected chi connectivity index (χ4v) is 4.73. The molecule has 106 valence electrons. The monoisotopic (exact) mass is 328 g/mol. The first-order valence-corrected chi connectivity index (χ1v) is 9.26. The van der Waals surface area contributed by atoms with E-state index >= 15 is 0 Å². The SMILES string of the molecule is O=S(CCS(=O)(=O)c1ccccc1)c1ccc(Cl)cc1. The van der Waals surface area contributed by atoms with E-state index in [0.717, 1.165) is 0 Å². The van der Waals surface area contributed by atoms with Crippen LogP contribution in [0.3, 0.4) is 0 Å². The summed E-state index contributed by atoms with van der Waals surface area (Å²) in [4.78, 5) is 0.839. The first-order valence-electron chi connectivity index (χ1n) is 5.91. The van der Waals surface area contributed by atoms with E-state index in [2.05, 4.69) is 0 Å². The second-order valence-electron chi connectivity index (χ2n) is 4.14. The van der Waals surface area contributed by atoms with Crippen molar-refractivity contribution >= 4 is 32.2 Å². The normalized spacial score (nSPS) is 13.1. The molecule has 1 atom stereocenters. The van der Waals surface area contributed by atoms with Gasteiger partial charge < -0.3 is 0 Å². The van der Waals surface area contributed by atoms with E-state index in [1.807, 2.05) is 0 Å². The van der Waals surface area contributed by atoms with Crippen LogP contribution in [-0.2, 0) is 20.6 Å². The van der Waals surface area contributed by atoms with Crippen LogP contribution in [0.25, 0.3) is 0 Å². The van der Waals surface area contributed by atoms with E-state index in [9.17, 15) is 12.6 Å². The second-order valence-corrected chi connectivity index (χ2v) is 8.25. The Morgan fingerprint density at radius 2 is 1.55 bits per heavy atom. The fraction of sp³-hybridized carbons (Fsp3) is 0.143. The van der Waals surface area contributed by atoms with E-state index in [-0.39, 0.29) is 16.4 Å². The molecule has 0 aliphatic rings. The number of sulfone groups is 1. The molecular weight excluding hydrogens is 316 g/mol. The highest BCUT2D eigenvalue weighted by molar-refractivity contribution is 7.93. The maximum atomic E-state index is 12.1. The molecule has 0 saturated heterocycles. The van der Waals surface area contributed by atoms with Gasteiger partial charge in [0.1, 0.15) is 0 Å². The van der Waals surface area contributed by atoms with Crippen LogP contribution in [-0.4, -0.2) is 24.1 Å². The molecule has 0 spiro atoms. The third kappa shape index (κ3) is 3.91. The van der Waals surface area contributed by atoms with E-state index < -0.39 is 20.6 Å². The van der Waals surface area contributed by atoms with Crippen molar-refractivity contribution < 1.29 is 12.6 Å². The predicted molar refractivity (Wildman–Crippen MR) is 81.2 cm³/mol. The van der Waals surface area contributed by atoms with Gasteiger partial charge in [0.15, 0.2) is 9.84 Å². The van der Waals surface area contributed by atoms with E-state index in [1.54, 1.807) is 54.6 Å². The molecule has 0 radical (unpaired) electrons. The summed E-state index contributed by atoms with van der Waals surface area (Å²) in [5, 5.41) is 0.558. The lowest BCUT2D eigenvalue weighted by atomic mass is 10.4. The van der Waals surface area contributed by atoms with Gasteiger partial charge in [-0.2, -0.15) is 0 Å². The summed E-state index contributed by atoms with van der Waals surface area (Å²) in [5.41, 5.74) is 0. The summed E-state index contributed by atoms with van der Waals surface area (Å²) < 4.78 is 36.2. The minimum Gasteiger partial charge on any atom is -0.254 e. The number of benzene rings is 2. The van der Waals surface area contributed by atoms with Gasteiger partial charge in [-0.1, -0.05) is 29.8 Å². The smallest absolute Gasteiger partial charge is 0.179 e. The molecule has 1 unspecified atom stereocenters. The minimum absolute atomic E-state index is 0.0683. The predicted octanol–water partition coefficient (Wildman–Crippen LogP) is 2.92. The highest BCUT2D eigenvalue weighted by Crippen LogP contribution is 2.15. The van der Waals surface area contributed by atoms with Crippen LogP contribution < -0.4 is 0 Å². The molecule has 0 N–H and O–H groups in total. The Labute approximate surface area is 126 Å². The zero-order chi connectivity index (χ0) is 14.6. The molecule has 0 aliphatic heterocycles. The third-order valence-electron chi connectivity index (χ3n) is 2.72. The van der Waals surface area contributed by atoms with Crippen LogP contribution in [0.1, 0.15) is 0 Å². The Bertz CT molecular complexity index is 695.